The van der Waals surface area contributed by atoms with Gasteiger partial charge in [-0.25, -0.2) is 4.98 Å². The highest BCUT2D eigenvalue weighted by Crippen LogP contribution is 2.32. The number of alkyl halides is 3. The van der Waals surface area contributed by atoms with Crippen LogP contribution in [0.15, 0.2) is 71.8 Å². The molecule has 8 heteroatoms. The van der Waals surface area contributed by atoms with Gasteiger partial charge in [0.1, 0.15) is 11.2 Å². The third-order valence-corrected chi connectivity index (χ3v) is 3.98. The van der Waals surface area contributed by atoms with Crippen LogP contribution in [-0.4, -0.2) is 19.7 Å². The zero-order valence-electron chi connectivity index (χ0n) is 13.7. The molecule has 0 fully saturated rings. The number of rotatable bonds is 2. The molecule has 0 aliphatic rings. The number of nitrogens with zero attached hydrogens (tertiary/aromatic N) is 4. The Morgan fingerprint density at radius 3 is 2.44 bits per heavy atom. The van der Waals surface area contributed by atoms with Gasteiger partial charge in [-0.15, -0.1) is 0 Å². The summed E-state index contributed by atoms with van der Waals surface area (Å²) in [6.45, 7) is 0. The average molecular weight is 368 g/mol. The fourth-order valence-corrected chi connectivity index (χ4v) is 2.75. The van der Waals surface area contributed by atoms with Crippen LogP contribution in [0, 0.1) is 0 Å². The molecule has 0 amide bonds. The molecule has 4 aromatic rings. The third-order valence-electron chi connectivity index (χ3n) is 3.98. The molecule has 0 aliphatic carbocycles. The van der Waals surface area contributed by atoms with Crippen LogP contribution in [0.2, 0.25) is 0 Å². The van der Waals surface area contributed by atoms with Gasteiger partial charge < -0.3 is 0 Å². The maximum absolute atomic E-state index is 13.1. The summed E-state index contributed by atoms with van der Waals surface area (Å²) in [5, 5.41) is 4.52. The Morgan fingerprint density at radius 1 is 0.889 bits per heavy atom. The predicted molar refractivity (Wildman–Crippen MR) is 93.4 cm³/mol. The average Bonchev–Trinajstić information content (AvgIpc) is 2.69. The molecule has 1 aromatic carbocycles. The first kappa shape index (κ1) is 16.9. The lowest BCUT2D eigenvalue weighted by Gasteiger charge is -2.12. The van der Waals surface area contributed by atoms with E-state index in [0.29, 0.717) is 0 Å². The zero-order chi connectivity index (χ0) is 19.0. The highest BCUT2D eigenvalue weighted by atomic mass is 19.4. The second-order valence-corrected chi connectivity index (χ2v) is 5.73. The number of hydrogen-bond donors (Lipinski definition) is 0. The van der Waals surface area contributed by atoms with E-state index in [1.54, 1.807) is 30.3 Å². The number of benzene rings is 1. The lowest BCUT2D eigenvalue weighted by atomic mass is 10.1. The van der Waals surface area contributed by atoms with Crippen molar-refractivity contribution in [3.8, 4) is 17.1 Å². The van der Waals surface area contributed by atoms with Gasteiger partial charge in [0.25, 0.3) is 5.56 Å². The van der Waals surface area contributed by atoms with Crippen LogP contribution in [0.4, 0.5) is 13.2 Å². The van der Waals surface area contributed by atoms with E-state index in [4.69, 9.17) is 0 Å². The van der Waals surface area contributed by atoms with Crippen LogP contribution in [-0.2, 0) is 6.18 Å². The van der Waals surface area contributed by atoms with E-state index < -0.39 is 17.3 Å². The minimum Gasteiger partial charge on any atom is -0.267 e. The van der Waals surface area contributed by atoms with Crippen molar-refractivity contribution in [3.05, 3.63) is 82.9 Å². The number of pyridine rings is 2. The lowest BCUT2D eigenvalue weighted by Crippen LogP contribution is -2.23. The van der Waals surface area contributed by atoms with Crippen molar-refractivity contribution in [2.24, 2.45) is 0 Å². The van der Waals surface area contributed by atoms with Gasteiger partial charge in [-0.2, -0.15) is 23.0 Å². The molecular weight excluding hydrogens is 357 g/mol. The summed E-state index contributed by atoms with van der Waals surface area (Å²) < 4.78 is 40.4. The minimum absolute atomic E-state index is 0.168. The molecule has 0 radical (unpaired) electrons. The van der Waals surface area contributed by atoms with E-state index in [1.807, 2.05) is 0 Å². The van der Waals surface area contributed by atoms with Crippen LogP contribution in [0.5, 0.6) is 0 Å². The summed E-state index contributed by atoms with van der Waals surface area (Å²) in [6.07, 6.45) is -1.53. The molecular formula is C19H11F3N4O. The summed E-state index contributed by atoms with van der Waals surface area (Å²) in [6, 6.07) is 12.9. The predicted octanol–water partition coefficient (Wildman–Crippen LogP) is 3.86. The smallest absolute Gasteiger partial charge is 0.267 e. The lowest BCUT2D eigenvalue weighted by molar-refractivity contribution is -0.137. The number of aromatic nitrogens is 4. The molecule has 5 nitrogen and oxygen atoms in total. The van der Waals surface area contributed by atoms with Crippen molar-refractivity contribution in [3.63, 3.8) is 0 Å². The van der Waals surface area contributed by atoms with Gasteiger partial charge in [0, 0.05) is 18.0 Å². The maximum atomic E-state index is 13.1. The normalized spacial score (nSPS) is 11.7. The molecule has 0 spiro atoms. The topological polar surface area (TPSA) is 60.7 Å². The second kappa shape index (κ2) is 6.31. The number of halogens is 3. The molecule has 3 heterocycles. The molecule has 0 aliphatic heterocycles. The highest BCUT2D eigenvalue weighted by molar-refractivity contribution is 5.90. The first-order chi connectivity index (χ1) is 12.9. The van der Waals surface area contributed by atoms with Crippen molar-refractivity contribution >= 4 is 10.9 Å². The monoisotopic (exact) mass is 368 g/mol. The molecule has 0 unspecified atom stereocenters. The molecule has 0 atom stereocenters. The number of fused-ring (bicyclic) bond motifs is 1. The van der Waals surface area contributed by atoms with Crippen LogP contribution in [0.3, 0.4) is 0 Å². The van der Waals surface area contributed by atoms with E-state index in [-0.39, 0.29) is 28.0 Å². The van der Waals surface area contributed by atoms with Crippen molar-refractivity contribution in [1.82, 2.24) is 19.7 Å². The largest absolute Gasteiger partial charge is 0.416 e. The molecule has 0 saturated heterocycles. The van der Waals surface area contributed by atoms with E-state index >= 15 is 0 Å². The summed E-state index contributed by atoms with van der Waals surface area (Å²) in [5.41, 5.74) is -0.650. The van der Waals surface area contributed by atoms with Crippen LogP contribution >= 0.6 is 0 Å². The molecule has 0 bridgehead atoms. The van der Waals surface area contributed by atoms with E-state index in [2.05, 4.69) is 15.1 Å². The minimum atomic E-state index is -4.49. The quantitative estimate of drug-likeness (QED) is 0.539. The summed E-state index contributed by atoms with van der Waals surface area (Å²) in [5.74, 6) is 0.265. The van der Waals surface area contributed by atoms with Crippen LogP contribution < -0.4 is 5.56 Å². The van der Waals surface area contributed by atoms with Gasteiger partial charge >= 0.3 is 6.18 Å². The van der Waals surface area contributed by atoms with Gasteiger partial charge in [-0.05, 0) is 36.4 Å². The summed E-state index contributed by atoms with van der Waals surface area (Å²) in [4.78, 5) is 21.1. The van der Waals surface area contributed by atoms with Crippen LogP contribution in [0.1, 0.15) is 5.56 Å². The standard InChI is InChI=1S/C19H11F3N4O/c20-19(21,22)13-6-3-5-12(11-13)16-17-14(7-4-10-24-17)18(27)26(25-16)15-8-1-2-9-23-15/h1-11H. The first-order valence-electron chi connectivity index (χ1n) is 7.92. The Morgan fingerprint density at radius 2 is 1.70 bits per heavy atom. The Labute approximate surface area is 150 Å². The zero-order valence-corrected chi connectivity index (χ0v) is 13.7. The Hall–Kier alpha value is -3.55. The fraction of sp³-hybridized carbons (Fsp3) is 0.0526. The Bertz CT molecular complexity index is 1190. The maximum Gasteiger partial charge on any atom is 0.416 e. The van der Waals surface area contributed by atoms with E-state index in [9.17, 15) is 18.0 Å². The van der Waals surface area contributed by atoms with Crippen molar-refractivity contribution in [1.29, 1.82) is 0 Å². The van der Waals surface area contributed by atoms with E-state index in [1.165, 1.54) is 24.5 Å². The SMILES string of the molecule is O=c1c2cccnc2c(-c2cccc(C(F)(F)F)c2)nn1-c1ccccn1. The van der Waals surface area contributed by atoms with Crippen molar-refractivity contribution in [2.75, 3.05) is 0 Å². The third kappa shape index (κ3) is 3.05. The Kier molecular flexibility index (Phi) is 3.95. The highest BCUT2D eigenvalue weighted by Gasteiger charge is 2.30. The molecule has 27 heavy (non-hydrogen) atoms. The first-order valence-corrected chi connectivity index (χ1v) is 7.92. The fourth-order valence-electron chi connectivity index (χ4n) is 2.75. The van der Waals surface area contributed by atoms with Crippen molar-refractivity contribution < 1.29 is 13.2 Å². The van der Waals surface area contributed by atoms with Gasteiger partial charge in [0.15, 0.2) is 5.82 Å². The van der Waals surface area contributed by atoms with Crippen LogP contribution in [0.25, 0.3) is 28.0 Å². The second-order valence-electron chi connectivity index (χ2n) is 5.73. The van der Waals surface area contributed by atoms with Gasteiger partial charge in [0.05, 0.1) is 10.9 Å². The molecule has 3 aromatic heterocycles. The molecule has 4 rings (SSSR count). The summed E-state index contributed by atoms with van der Waals surface area (Å²) >= 11 is 0. The summed E-state index contributed by atoms with van der Waals surface area (Å²) in [7, 11) is 0. The van der Waals surface area contributed by atoms with Crippen molar-refractivity contribution in [2.45, 2.75) is 6.18 Å². The molecule has 0 N–H and O–H groups in total. The Balaban J connectivity index is 2.04. The van der Waals surface area contributed by atoms with E-state index in [0.717, 1.165) is 16.8 Å². The van der Waals surface area contributed by atoms with Gasteiger partial charge in [-0.1, -0.05) is 18.2 Å². The molecule has 134 valence electrons. The molecule has 0 saturated carbocycles. The van der Waals surface area contributed by atoms with Gasteiger partial charge in [0.2, 0.25) is 0 Å². The number of hydrogen-bond acceptors (Lipinski definition) is 4. The van der Waals surface area contributed by atoms with Gasteiger partial charge in [-0.3, -0.25) is 9.78 Å².